The number of benzene rings is 1. The summed E-state index contributed by atoms with van der Waals surface area (Å²) < 4.78 is 32.0. The summed E-state index contributed by atoms with van der Waals surface area (Å²) in [5.41, 5.74) is 0.968. The molecule has 9 nitrogen and oxygen atoms in total. The second-order valence-corrected chi connectivity index (χ2v) is 9.40. The minimum absolute atomic E-state index is 0.0128. The first-order valence-electron chi connectivity index (χ1n) is 8.81. The average molecular weight is 446 g/mol. The first-order chi connectivity index (χ1) is 14.2. The largest absolute Gasteiger partial charge is 0.444 e. The molecule has 30 heavy (non-hydrogen) atoms. The van der Waals surface area contributed by atoms with Gasteiger partial charge < -0.3 is 8.98 Å². The number of amides is 1. The maximum absolute atomic E-state index is 12.5. The molecular weight excluding hydrogens is 426 g/mol. The minimum Gasteiger partial charge on any atom is -0.444 e. The number of furan rings is 1. The molecule has 0 unspecified atom stereocenters. The van der Waals surface area contributed by atoms with Crippen molar-refractivity contribution in [1.29, 1.82) is 5.26 Å². The number of hydrogen-bond acceptors (Lipinski definition) is 8. The Kier molecular flexibility index (Phi) is 6.28. The van der Waals surface area contributed by atoms with Gasteiger partial charge in [0.25, 0.3) is 0 Å². The molecule has 0 saturated carbocycles. The van der Waals surface area contributed by atoms with E-state index in [2.05, 4.69) is 15.5 Å². The highest BCUT2D eigenvalue weighted by Crippen LogP contribution is 2.26. The number of nitrogens with zero attached hydrogens (tertiary/aromatic N) is 4. The minimum atomic E-state index is -3.56. The molecule has 0 fully saturated rings. The van der Waals surface area contributed by atoms with Gasteiger partial charge in [0, 0.05) is 12.6 Å². The summed E-state index contributed by atoms with van der Waals surface area (Å²) in [6.07, 6.45) is 0. The number of carbonyl (C=O) groups is 1. The fourth-order valence-electron chi connectivity index (χ4n) is 2.62. The molecule has 1 aromatic carbocycles. The van der Waals surface area contributed by atoms with Crippen LogP contribution in [0.5, 0.6) is 0 Å². The summed E-state index contributed by atoms with van der Waals surface area (Å²) in [7, 11) is -1.92. The van der Waals surface area contributed by atoms with Crippen LogP contribution in [0.2, 0.25) is 0 Å². The van der Waals surface area contributed by atoms with Gasteiger partial charge in [0.1, 0.15) is 29.0 Å². The van der Waals surface area contributed by atoms with E-state index in [0.29, 0.717) is 16.5 Å². The lowest BCUT2D eigenvalue weighted by Crippen LogP contribution is -2.15. The number of nitrogens with one attached hydrogen (secondary N) is 1. The number of carbonyl (C=O) groups excluding carboxylic acids is 1. The van der Waals surface area contributed by atoms with Crippen molar-refractivity contribution in [3.8, 4) is 6.07 Å². The standard InChI is InChI=1S/C19H19N5O4S2/c1-12-13(2)28-18(15(12)9-20)21-17(25)10-29-19-23-22-16(24(19)3)11-30(26,27)14-7-5-4-6-8-14/h4-8H,10-11H2,1-3H3,(H,21,25). The average Bonchev–Trinajstić information content (AvgIpc) is 3.19. The number of aromatic nitrogens is 3. The van der Waals surface area contributed by atoms with Crippen LogP contribution in [0, 0.1) is 25.2 Å². The molecule has 1 N–H and O–H groups in total. The van der Waals surface area contributed by atoms with Gasteiger partial charge in [-0.1, -0.05) is 30.0 Å². The lowest BCUT2D eigenvalue weighted by molar-refractivity contribution is -0.113. The van der Waals surface area contributed by atoms with Crippen LogP contribution >= 0.6 is 11.8 Å². The topological polar surface area (TPSA) is 131 Å². The molecule has 0 saturated heterocycles. The molecule has 0 aliphatic carbocycles. The van der Waals surface area contributed by atoms with E-state index in [4.69, 9.17) is 4.42 Å². The van der Waals surface area contributed by atoms with Gasteiger partial charge in [-0.15, -0.1) is 10.2 Å². The number of thioether (sulfide) groups is 1. The van der Waals surface area contributed by atoms with Crippen LogP contribution in [0.15, 0.2) is 44.8 Å². The van der Waals surface area contributed by atoms with E-state index in [1.807, 2.05) is 6.07 Å². The maximum atomic E-state index is 12.5. The van der Waals surface area contributed by atoms with Gasteiger partial charge >= 0.3 is 0 Å². The summed E-state index contributed by atoms with van der Waals surface area (Å²) in [6, 6.07) is 10.1. The quantitative estimate of drug-likeness (QED) is 0.549. The van der Waals surface area contributed by atoms with Gasteiger partial charge in [-0.2, -0.15) is 5.26 Å². The fourth-order valence-corrected chi connectivity index (χ4v) is 4.68. The number of rotatable bonds is 7. The Morgan fingerprint density at radius 1 is 1.27 bits per heavy atom. The summed E-state index contributed by atoms with van der Waals surface area (Å²) in [4.78, 5) is 12.5. The molecule has 0 radical (unpaired) electrons. The first-order valence-corrected chi connectivity index (χ1v) is 11.5. The van der Waals surface area contributed by atoms with Crippen LogP contribution in [0.1, 0.15) is 22.7 Å². The molecule has 0 spiro atoms. The van der Waals surface area contributed by atoms with Gasteiger partial charge in [-0.3, -0.25) is 10.1 Å². The molecular formula is C19H19N5O4S2. The molecule has 3 rings (SSSR count). The predicted octanol–water partition coefficient (Wildman–Crippen LogP) is 2.60. The third kappa shape index (κ3) is 4.55. The van der Waals surface area contributed by atoms with Crippen molar-refractivity contribution in [2.24, 2.45) is 7.05 Å². The second kappa shape index (κ2) is 8.73. The van der Waals surface area contributed by atoms with E-state index in [-0.39, 0.29) is 39.6 Å². The van der Waals surface area contributed by atoms with E-state index >= 15 is 0 Å². The number of aryl methyl sites for hydroxylation is 1. The number of anilines is 1. The zero-order valence-electron chi connectivity index (χ0n) is 16.5. The summed E-state index contributed by atoms with van der Waals surface area (Å²) in [5.74, 6) is 0.250. The Bertz CT molecular complexity index is 1220. The van der Waals surface area contributed by atoms with Gasteiger partial charge in [-0.05, 0) is 26.0 Å². The van der Waals surface area contributed by atoms with Crippen molar-refractivity contribution in [2.45, 2.75) is 29.7 Å². The van der Waals surface area contributed by atoms with Gasteiger partial charge in [0.2, 0.25) is 11.8 Å². The van der Waals surface area contributed by atoms with E-state index in [9.17, 15) is 18.5 Å². The lowest BCUT2D eigenvalue weighted by atomic mass is 10.2. The molecule has 11 heteroatoms. The van der Waals surface area contributed by atoms with Crippen LogP contribution in [0.3, 0.4) is 0 Å². The van der Waals surface area contributed by atoms with Crippen LogP contribution < -0.4 is 5.32 Å². The summed E-state index contributed by atoms with van der Waals surface area (Å²) >= 11 is 1.10. The highest BCUT2D eigenvalue weighted by molar-refractivity contribution is 7.99. The highest BCUT2D eigenvalue weighted by Gasteiger charge is 2.21. The molecule has 0 aliphatic heterocycles. The van der Waals surface area contributed by atoms with Crippen molar-refractivity contribution < 1.29 is 17.6 Å². The molecule has 0 bridgehead atoms. The second-order valence-electron chi connectivity index (χ2n) is 6.47. The lowest BCUT2D eigenvalue weighted by Gasteiger charge is -2.06. The van der Waals surface area contributed by atoms with E-state index in [1.54, 1.807) is 43.7 Å². The van der Waals surface area contributed by atoms with Crippen LogP contribution in [0.4, 0.5) is 5.88 Å². The van der Waals surface area contributed by atoms with E-state index < -0.39 is 9.84 Å². The SMILES string of the molecule is Cc1oc(NC(=O)CSc2nnc(CS(=O)(=O)c3ccccc3)n2C)c(C#N)c1C. The van der Waals surface area contributed by atoms with Crippen molar-refractivity contribution >= 4 is 33.4 Å². The Balaban J connectivity index is 1.65. The van der Waals surface area contributed by atoms with E-state index in [1.165, 1.54) is 12.1 Å². The predicted molar refractivity (Wildman–Crippen MR) is 111 cm³/mol. The monoisotopic (exact) mass is 445 g/mol. The Hall–Kier alpha value is -3.10. The maximum Gasteiger partial charge on any atom is 0.237 e. The smallest absolute Gasteiger partial charge is 0.237 e. The third-order valence-electron chi connectivity index (χ3n) is 4.43. The Morgan fingerprint density at radius 3 is 2.63 bits per heavy atom. The number of sulfone groups is 1. The van der Waals surface area contributed by atoms with Crippen molar-refractivity contribution in [2.75, 3.05) is 11.1 Å². The Morgan fingerprint density at radius 2 is 1.97 bits per heavy atom. The van der Waals surface area contributed by atoms with Crippen molar-refractivity contribution in [3.63, 3.8) is 0 Å². The van der Waals surface area contributed by atoms with E-state index in [0.717, 1.165) is 11.8 Å². The summed E-state index contributed by atoms with van der Waals surface area (Å²) in [6.45, 7) is 3.46. The van der Waals surface area contributed by atoms with Gasteiger partial charge in [0.05, 0.1) is 10.6 Å². The Labute approximate surface area is 178 Å². The molecule has 2 aromatic heterocycles. The number of hydrogen-bond donors (Lipinski definition) is 1. The molecule has 1 amide bonds. The fraction of sp³-hybridized carbons (Fsp3) is 0.263. The van der Waals surface area contributed by atoms with Crippen molar-refractivity contribution in [3.05, 3.63) is 53.0 Å². The van der Waals surface area contributed by atoms with Crippen LogP contribution in [-0.4, -0.2) is 34.8 Å². The first kappa shape index (κ1) is 21.6. The third-order valence-corrected chi connectivity index (χ3v) is 7.08. The number of nitriles is 1. The molecule has 2 heterocycles. The van der Waals surface area contributed by atoms with Crippen molar-refractivity contribution in [1.82, 2.24) is 14.8 Å². The molecule has 156 valence electrons. The van der Waals surface area contributed by atoms with Crippen LogP contribution in [0.25, 0.3) is 0 Å². The highest BCUT2D eigenvalue weighted by atomic mass is 32.2. The zero-order valence-corrected chi connectivity index (χ0v) is 18.2. The molecule has 0 aliphatic rings. The molecule has 3 aromatic rings. The van der Waals surface area contributed by atoms with Gasteiger partial charge in [0.15, 0.2) is 15.0 Å². The van der Waals surface area contributed by atoms with Crippen LogP contribution in [-0.2, 0) is 27.4 Å². The normalized spacial score (nSPS) is 11.3. The zero-order chi connectivity index (χ0) is 21.9. The van der Waals surface area contributed by atoms with Gasteiger partial charge in [-0.25, -0.2) is 8.42 Å². The summed E-state index contributed by atoms with van der Waals surface area (Å²) in [5, 5.41) is 20.1. The molecule has 0 atom stereocenters.